The fraction of sp³-hybridized carbons (Fsp3) is 0.227. The van der Waals surface area contributed by atoms with Gasteiger partial charge in [0.15, 0.2) is 0 Å². The van der Waals surface area contributed by atoms with Gasteiger partial charge in [-0.25, -0.2) is 0 Å². The number of H-pyrrole nitrogens is 1. The molecule has 0 radical (unpaired) electrons. The summed E-state index contributed by atoms with van der Waals surface area (Å²) in [5, 5.41) is 13.6. The van der Waals surface area contributed by atoms with Gasteiger partial charge in [-0.2, -0.15) is 5.10 Å². The van der Waals surface area contributed by atoms with Gasteiger partial charge < -0.3 is 20.9 Å². The molecule has 30 heavy (non-hydrogen) atoms. The summed E-state index contributed by atoms with van der Waals surface area (Å²) in [7, 11) is 0. The lowest BCUT2D eigenvalue weighted by molar-refractivity contribution is -0.110. The Hall–Kier alpha value is -3.65. The van der Waals surface area contributed by atoms with E-state index in [1.165, 1.54) is 0 Å². The molecule has 4 N–H and O–H groups in total. The first-order valence-electron chi connectivity index (χ1n) is 9.98. The highest BCUT2D eigenvalue weighted by atomic mass is 16.2. The van der Waals surface area contributed by atoms with Crippen LogP contribution in [0.3, 0.4) is 0 Å². The van der Waals surface area contributed by atoms with Gasteiger partial charge in [0.1, 0.15) is 0 Å². The van der Waals surface area contributed by atoms with Crippen LogP contribution in [0.2, 0.25) is 0 Å². The molecular formula is C22H22N6O2. The van der Waals surface area contributed by atoms with Crippen LogP contribution >= 0.6 is 0 Å². The smallest absolute Gasteiger partial charge is 0.256 e. The second-order valence-electron chi connectivity index (χ2n) is 7.50. The number of nitrogens with zero attached hydrogens (tertiary/aromatic N) is 2. The number of anilines is 1. The van der Waals surface area contributed by atoms with Crippen LogP contribution in [0.25, 0.3) is 22.9 Å². The molecule has 0 saturated carbocycles. The summed E-state index contributed by atoms with van der Waals surface area (Å²) in [6, 6.07) is 9.69. The fourth-order valence-electron chi connectivity index (χ4n) is 3.97. The summed E-state index contributed by atoms with van der Waals surface area (Å²) in [5.74, 6) is -0.346. The molecular weight excluding hydrogens is 380 g/mol. The van der Waals surface area contributed by atoms with Crippen molar-refractivity contribution in [3.63, 3.8) is 0 Å². The van der Waals surface area contributed by atoms with E-state index >= 15 is 0 Å². The van der Waals surface area contributed by atoms with E-state index in [0.29, 0.717) is 36.5 Å². The van der Waals surface area contributed by atoms with E-state index in [1.807, 2.05) is 35.9 Å². The van der Waals surface area contributed by atoms with Crippen molar-refractivity contribution >= 4 is 29.2 Å². The number of aryl methyl sites for hydroxylation is 1. The molecule has 1 aromatic carbocycles. The molecule has 2 bridgehead atoms. The van der Waals surface area contributed by atoms with Gasteiger partial charge >= 0.3 is 0 Å². The molecule has 8 heteroatoms. The highest BCUT2D eigenvalue weighted by molar-refractivity contribution is 6.35. The van der Waals surface area contributed by atoms with Crippen LogP contribution < -0.4 is 16.0 Å². The van der Waals surface area contributed by atoms with E-state index in [9.17, 15) is 9.59 Å². The third-order valence-electron chi connectivity index (χ3n) is 5.42. The van der Waals surface area contributed by atoms with Gasteiger partial charge in [-0.05, 0) is 37.3 Å². The van der Waals surface area contributed by atoms with Crippen LogP contribution in [-0.4, -0.2) is 46.2 Å². The van der Waals surface area contributed by atoms with Crippen LogP contribution in [0.1, 0.15) is 27.3 Å². The molecule has 152 valence electrons. The minimum atomic E-state index is -0.181. The van der Waals surface area contributed by atoms with E-state index < -0.39 is 0 Å². The molecule has 2 aliphatic heterocycles. The number of amides is 2. The number of benzene rings is 1. The number of rotatable bonds is 0. The van der Waals surface area contributed by atoms with Crippen molar-refractivity contribution in [2.45, 2.75) is 13.5 Å². The fourth-order valence-corrected chi connectivity index (χ4v) is 3.97. The molecule has 2 aromatic heterocycles. The van der Waals surface area contributed by atoms with Crippen LogP contribution in [0.5, 0.6) is 0 Å². The lowest BCUT2D eigenvalue weighted by Crippen LogP contribution is -2.33. The SMILES string of the molecule is Cc1cc2c([nH]1)/C=C1\C(=O)Nc3ccc(cc31)-c1ccnn1CCNCCNC2=O. The van der Waals surface area contributed by atoms with Crippen molar-refractivity contribution in [3.8, 4) is 11.3 Å². The topological polar surface area (TPSA) is 104 Å². The van der Waals surface area contributed by atoms with Crippen molar-refractivity contribution in [3.05, 3.63) is 59.0 Å². The quantitative estimate of drug-likeness (QED) is 0.462. The van der Waals surface area contributed by atoms with Crippen LogP contribution in [0.15, 0.2) is 36.5 Å². The number of aromatic nitrogens is 3. The van der Waals surface area contributed by atoms with E-state index in [1.54, 1.807) is 18.3 Å². The molecule has 5 rings (SSSR count). The number of hydrogen-bond donors (Lipinski definition) is 4. The van der Waals surface area contributed by atoms with Crippen molar-refractivity contribution in [2.24, 2.45) is 0 Å². The highest BCUT2D eigenvalue weighted by Gasteiger charge is 2.26. The van der Waals surface area contributed by atoms with Gasteiger partial charge in [0.25, 0.3) is 11.8 Å². The molecule has 0 unspecified atom stereocenters. The largest absolute Gasteiger partial charge is 0.358 e. The zero-order valence-electron chi connectivity index (χ0n) is 16.6. The summed E-state index contributed by atoms with van der Waals surface area (Å²) >= 11 is 0. The molecule has 0 saturated heterocycles. The highest BCUT2D eigenvalue weighted by Crippen LogP contribution is 2.36. The molecule has 0 fully saturated rings. The van der Waals surface area contributed by atoms with Crippen molar-refractivity contribution in [2.75, 3.05) is 25.0 Å². The van der Waals surface area contributed by atoms with Gasteiger partial charge in [-0.1, -0.05) is 6.07 Å². The van der Waals surface area contributed by atoms with Gasteiger partial charge in [0, 0.05) is 48.3 Å². The molecule has 0 spiro atoms. The third kappa shape index (κ3) is 3.21. The molecule has 8 nitrogen and oxygen atoms in total. The van der Waals surface area contributed by atoms with Crippen molar-refractivity contribution in [1.82, 2.24) is 25.4 Å². The predicted octanol–water partition coefficient (Wildman–Crippen LogP) is 2.01. The van der Waals surface area contributed by atoms with Crippen molar-refractivity contribution < 1.29 is 9.59 Å². The Morgan fingerprint density at radius 1 is 1.00 bits per heavy atom. The molecule has 0 atom stereocenters. The normalized spacial score (nSPS) is 18.1. The molecule has 4 heterocycles. The molecule has 2 amide bonds. The van der Waals surface area contributed by atoms with E-state index in [4.69, 9.17) is 0 Å². The monoisotopic (exact) mass is 402 g/mol. The van der Waals surface area contributed by atoms with Crippen LogP contribution in [0, 0.1) is 6.92 Å². The van der Waals surface area contributed by atoms with Crippen LogP contribution in [-0.2, 0) is 11.3 Å². The first-order valence-corrected chi connectivity index (χ1v) is 9.98. The second kappa shape index (κ2) is 7.31. The average Bonchev–Trinajstić information content (AvgIpc) is 3.41. The van der Waals surface area contributed by atoms with Crippen LogP contribution in [0.4, 0.5) is 5.69 Å². The Morgan fingerprint density at radius 3 is 2.80 bits per heavy atom. The number of carbonyl (C=O) groups is 2. The number of fused-ring (bicyclic) bond motifs is 4. The second-order valence-corrected chi connectivity index (χ2v) is 7.50. The Kier molecular flexibility index (Phi) is 4.48. The average molecular weight is 402 g/mol. The zero-order valence-corrected chi connectivity index (χ0v) is 16.6. The van der Waals surface area contributed by atoms with Crippen molar-refractivity contribution in [1.29, 1.82) is 0 Å². The Morgan fingerprint density at radius 2 is 1.90 bits per heavy atom. The third-order valence-corrected chi connectivity index (χ3v) is 5.42. The minimum absolute atomic E-state index is 0.165. The maximum Gasteiger partial charge on any atom is 0.256 e. The summed E-state index contributed by atoms with van der Waals surface area (Å²) in [4.78, 5) is 28.6. The Balaban J connectivity index is 1.66. The maximum absolute atomic E-state index is 12.7. The molecule has 3 aromatic rings. The van der Waals surface area contributed by atoms with E-state index in [-0.39, 0.29) is 11.8 Å². The van der Waals surface area contributed by atoms with Gasteiger partial charge in [0.2, 0.25) is 0 Å². The Bertz CT molecular complexity index is 1190. The lowest BCUT2D eigenvalue weighted by atomic mass is 10.0. The summed E-state index contributed by atoms with van der Waals surface area (Å²) in [6.45, 7) is 4.49. The molecule has 0 aliphatic carbocycles. The minimum Gasteiger partial charge on any atom is -0.358 e. The number of carbonyl (C=O) groups excluding carboxylic acids is 2. The summed E-state index contributed by atoms with van der Waals surface area (Å²) in [6.07, 6.45) is 3.54. The number of hydrogen-bond acceptors (Lipinski definition) is 4. The summed E-state index contributed by atoms with van der Waals surface area (Å²) in [5.41, 5.74) is 6.10. The van der Waals surface area contributed by atoms with Gasteiger partial charge in [-0.15, -0.1) is 0 Å². The van der Waals surface area contributed by atoms with Gasteiger partial charge in [0.05, 0.1) is 29.1 Å². The number of nitrogens with one attached hydrogen (secondary N) is 4. The molecule has 2 aliphatic rings. The maximum atomic E-state index is 12.7. The first-order chi connectivity index (χ1) is 14.6. The lowest BCUT2D eigenvalue weighted by Gasteiger charge is -2.11. The first kappa shape index (κ1) is 18.4. The number of aromatic amines is 1. The summed E-state index contributed by atoms with van der Waals surface area (Å²) < 4.78 is 1.94. The van der Waals surface area contributed by atoms with Gasteiger partial charge in [-0.3, -0.25) is 14.3 Å². The zero-order chi connectivity index (χ0) is 20.7. The van der Waals surface area contributed by atoms with E-state index in [2.05, 4.69) is 26.0 Å². The predicted molar refractivity (Wildman–Crippen MR) is 115 cm³/mol. The standard InChI is InChI=1S/C22H22N6O2/c1-13-10-17-19(26-13)12-16-15-11-14(2-3-18(15)27-22(16)30)20-4-5-25-28(20)9-8-23-6-7-24-21(17)29/h2-5,10-12,23,26H,6-9H2,1H3,(H,24,29)(H,27,30)/b16-12-. The Labute approximate surface area is 173 Å². The van der Waals surface area contributed by atoms with E-state index in [0.717, 1.165) is 34.7 Å².